The predicted molar refractivity (Wildman–Crippen MR) is 73.5 cm³/mol. The van der Waals surface area contributed by atoms with Gasteiger partial charge in [0.15, 0.2) is 12.4 Å². The fourth-order valence-corrected chi connectivity index (χ4v) is 1.62. The topological polar surface area (TPSA) is 68.3 Å². The third-order valence-electron chi connectivity index (χ3n) is 2.28. The van der Waals surface area contributed by atoms with Crippen molar-refractivity contribution in [3.8, 4) is 0 Å². The molecule has 0 atom stereocenters. The number of anilines is 1. The first-order chi connectivity index (χ1) is 8.95. The summed E-state index contributed by atoms with van der Waals surface area (Å²) in [6, 6.07) is 0. The lowest BCUT2D eigenvalue weighted by Crippen LogP contribution is -2.21. The van der Waals surface area contributed by atoms with Crippen molar-refractivity contribution >= 4 is 40.9 Å². The summed E-state index contributed by atoms with van der Waals surface area (Å²) in [5.41, 5.74) is 0.622. The minimum atomic E-state index is -0.499. The Hall–Kier alpha value is -1.33. The van der Waals surface area contributed by atoms with Crippen LogP contribution in [0.4, 0.5) is 5.82 Å². The van der Waals surface area contributed by atoms with E-state index in [1.54, 1.807) is 6.92 Å². The van der Waals surface area contributed by atoms with Crippen molar-refractivity contribution in [2.45, 2.75) is 26.7 Å². The molecule has 0 aliphatic rings. The lowest BCUT2D eigenvalue weighted by molar-refractivity contribution is -0.147. The molecule has 0 aliphatic carbocycles. The number of halogens is 2. The van der Waals surface area contributed by atoms with Gasteiger partial charge in [-0.2, -0.15) is 0 Å². The minimum absolute atomic E-state index is 0.195. The van der Waals surface area contributed by atoms with E-state index in [9.17, 15) is 9.59 Å². The van der Waals surface area contributed by atoms with E-state index in [1.807, 2.05) is 6.92 Å². The van der Waals surface area contributed by atoms with Gasteiger partial charge in [0.1, 0.15) is 0 Å². The summed E-state index contributed by atoms with van der Waals surface area (Å²) in [6.45, 7) is 3.20. The highest BCUT2D eigenvalue weighted by Crippen LogP contribution is 2.28. The second-order valence-corrected chi connectivity index (χ2v) is 4.64. The lowest BCUT2D eigenvalue weighted by atomic mass is 10.3. The number of amides is 1. The Kier molecular flexibility index (Phi) is 6.05. The van der Waals surface area contributed by atoms with E-state index < -0.39 is 11.9 Å². The average Bonchev–Trinajstić information content (AvgIpc) is 2.37. The Balaban J connectivity index is 2.58. The van der Waals surface area contributed by atoms with Crippen LogP contribution in [0, 0.1) is 6.92 Å². The van der Waals surface area contributed by atoms with Gasteiger partial charge < -0.3 is 10.1 Å². The summed E-state index contributed by atoms with van der Waals surface area (Å²) in [4.78, 5) is 26.6. The third-order valence-corrected chi connectivity index (χ3v) is 3.12. The second-order valence-electron chi connectivity index (χ2n) is 3.85. The van der Waals surface area contributed by atoms with Gasteiger partial charge in [-0.1, -0.05) is 30.1 Å². The van der Waals surface area contributed by atoms with Gasteiger partial charge in [0.2, 0.25) is 0 Å². The van der Waals surface area contributed by atoms with Crippen molar-refractivity contribution in [1.82, 2.24) is 4.98 Å². The van der Waals surface area contributed by atoms with Gasteiger partial charge in [-0.25, -0.2) is 4.98 Å². The zero-order chi connectivity index (χ0) is 14.4. The quantitative estimate of drug-likeness (QED) is 0.849. The van der Waals surface area contributed by atoms with Gasteiger partial charge in [0.25, 0.3) is 5.91 Å². The third kappa shape index (κ3) is 4.69. The van der Waals surface area contributed by atoms with Crippen LogP contribution in [-0.2, 0) is 14.3 Å². The molecule has 0 aromatic carbocycles. The Labute approximate surface area is 121 Å². The van der Waals surface area contributed by atoms with Crippen LogP contribution in [0.2, 0.25) is 10.0 Å². The zero-order valence-corrected chi connectivity index (χ0v) is 12.1. The van der Waals surface area contributed by atoms with Gasteiger partial charge in [0, 0.05) is 12.6 Å². The number of aromatic nitrogens is 1. The standard InChI is InChI=1S/C12H14Cl2N2O3/c1-3-4-10(18)19-6-9(17)16-12-11(14)7(2)8(13)5-15-12/h5H,3-4,6H2,1-2H3,(H,15,16,17). The van der Waals surface area contributed by atoms with Crippen LogP contribution in [0.3, 0.4) is 0 Å². The molecule has 0 bridgehead atoms. The summed E-state index contributed by atoms with van der Waals surface area (Å²) in [7, 11) is 0. The molecule has 1 aromatic rings. The highest BCUT2D eigenvalue weighted by atomic mass is 35.5. The van der Waals surface area contributed by atoms with Gasteiger partial charge in [-0.15, -0.1) is 0 Å². The van der Waals surface area contributed by atoms with Gasteiger partial charge in [-0.3, -0.25) is 9.59 Å². The molecule has 7 heteroatoms. The van der Waals surface area contributed by atoms with Crippen LogP contribution in [0.15, 0.2) is 6.20 Å². The van der Waals surface area contributed by atoms with Crippen molar-refractivity contribution in [3.63, 3.8) is 0 Å². The Morgan fingerprint density at radius 2 is 2.11 bits per heavy atom. The zero-order valence-electron chi connectivity index (χ0n) is 10.6. The predicted octanol–water partition coefficient (Wildman–Crippen LogP) is 2.98. The van der Waals surface area contributed by atoms with Crippen molar-refractivity contribution in [2.75, 3.05) is 11.9 Å². The van der Waals surface area contributed by atoms with Gasteiger partial charge in [-0.05, 0) is 18.9 Å². The number of carbonyl (C=O) groups is 2. The van der Waals surface area contributed by atoms with Crippen molar-refractivity contribution in [1.29, 1.82) is 0 Å². The second kappa shape index (κ2) is 7.31. The number of pyridine rings is 1. The van der Waals surface area contributed by atoms with Crippen LogP contribution < -0.4 is 5.32 Å². The average molecular weight is 305 g/mol. The van der Waals surface area contributed by atoms with E-state index in [0.717, 1.165) is 0 Å². The molecule has 0 fully saturated rings. The first kappa shape index (κ1) is 15.7. The number of nitrogens with zero attached hydrogens (tertiary/aromatic N) is 1. The molecule has 0 aliphatic heterocycles. The molecule has 1 heterocycles. The number of hydrogen-bond donors (Lipinski definition) is 1. The summed E-state index contributed by atoms with van der Waals surface area (Å²) in [5, 5.41) is 3.14. The van der Waals surface area contributed by atoms with Crippen molar-refractivity contribution < 1.29 is 14.3 Å². The van der Waals surface area contributed by atoms with Crippen molar-refractivity contribution in [2.24, 2.45) is 0 Å². The molecule has 0 unspecified atom stereocenters. The number of nitrogens with one attached hydrogen (secondary N) is 1. The number of ether oxygens (including phenoxy) is 1. The molecule has 1 amide bonds. The molecular weight excluding hydrogens is 291 g/mol. The fourth-order valence-electron chi connectivity index (χ4n) is 1.23. The van der Waals surface area contributed by atoms with Crippen LogP contribution in [0.5, 0.6) is 0 Å². The van der Waals surface area contributed by atoms with E-state index in [2.05, 4.69) is 10.3 Å². The van der Waals surface area contributed by atoms with Gasteiger partial charge >= 0.3 is 5.97 Å². The molecule has 104 valence electrons. The summed E-state index contributed by atoms with van der Waals surface area (Å²) < 4.78 is 4.76. The maximum atomic E-state index is 11.5. The molecule has 0 saturated carbocycles. The largest absolute Gasteiger partial charge is 0.456 e. The lowest BCUT2D eigenvalue weighted by Gasteiger charge is -2.09. The first-order valence-electron chi connectivity index (χ1n) is 5.71. The maximum absolute atomic E-state index is 11.5. The van der Waals surface area contributed by atoms with E-state index in [4.69, 9.17) is 27.9 Å². The molecular formula is C12H14Cl2N2O3. The summed E-state index contributed by atoms with van der Waals surface area (Å²) in [6.07, 6.45) is 2.35. The molecule has 1 aromatic heterocycles. The Morgan fingerprint density at radius 3 is 2.74 bits per heavy atom. The molecule has 5 nitrogen and oxygen atoms in total. The minimum Gasteiger partial charge on any atom is -0.456 e. The van der Waals surface area contributed by atoms with Crippen LogP contribution >= 0.6 is 23.2 Å². The number of carbonyl (C=O) groups excluding carboxylic acids is 2. The van der Waals surface area contributed by atoms with E-state index in [1.165, 1.54) is 6.20 Å². The monoisotopic (exact) mass is 304 g/mol. The van der Waals surface area contributed by atoms with E-state index >= 15 is 0 Å². The summed E-state index contributed by atoms with van der Waals surface area (Å²) in [5.74, 6) is -0.718. The Bertz CT molecular complexity index is 492. The fraction of sp³-hybridized carbons (Fsp3) is 0.417. The van der Waals surface area contributed by atoms with Gasteiger partial charge in [0.05, 0.1) is 10.0 Å². The maximum Gasteiger partial charge on any atom is 0.306 e. The molecule has 0 radical (unpaired) electrons. The molecule has 0 saturated heterocycles. The van der Waals surface area contributed by atoms with E-state index in [0.29, 0.717) is 17.0 Å². The Morgan fingerprint density at radius 1 is 1.42 bits per heavy atom. The highest BCUT2D eigenvalue weighted by molar-refractivity contribution is 6.37. The molecule has 19 heavy (non-hydrogen) atoms. The first-order valence-corrected chi connectivity index (χ1v) is 6.47. The van der Waals surface area contributed by atoms with Crippen molar-refractivity contribution in [3.05, 3.63) is 21.8 Å². The van der Waals surface area contributed by atoms with E-state index in [-0.39, 0.29) is 23.9 Å². The SMILES string of the molecule is CCCC(=O)OCC(=O)Nc1ncc(Cl)c(C)c1Cl. The summed E-state index contributed by atoms with van der Waals surface area (Å²) >= 11 is 11.8. The number of rotatable bonds is 5. The van der Waals surface area contributed by atoms with Crippen LogP contribution in [0.1, 0.15) is 25.3 Å². The van der Waals surface area contributed by atoms with Crippen LogP contribution in [-0.4, -0.2) is 23.5 Å². The number of hydrogen-bond acceptors (Lipinski definition) is 4. The molecule has 0 spiro atoms. The molecule has 1 N–H and O–H groups in total. The molecule has 1 rings (SSSR count). The number of esters is 1. The normalized spacial score (nSPS) is 10.1. The van der Waals surface area contributed by atoms with Crippen LogP contribution in [0.25, 0.3) is 0 Å². The smallest absolute Gasteiger partial charge is 0.306 e. The highest BCUT2D eigenvalue weighted by Gasteiger charge is 2.12.